The van der Waals surface area contributed by atoms with Crippen molar-refractivity contribution in [2.24, 2.45) is 0 Å². The molecular weight excluding hydrogens is 564 g/mol. The lowest BCUT2D eigenvalue weighted by Gasteiger charge is -2.39. The van der Waals surface area contributed by atoms with E-state index >= 15 is 0 Å². The summed E-state index contributed by atoms with van der Waals surface area (Å²) >= 11 is 0. The molecule has 260 valence electrons. The van der Waals surface area contributed by atoms with Crippen molar-refractivity contribution in [2.75, 3.05) is 19.8 Å². The number of ether oxygens (including phenoxy) is 2. The summed E-state index contributed by atoms with van der Waals surface area (Å²) in [5, 5.41) is 45.5. The second-order valence-electron chi connectivity index (χ2n) is 12.6. The number of unbranched alkanes of at least 4 members (excludes halogenated alkanes) is 18. The van der Waals surface area contributed by atoms with Crippen LogP contribution in [0, 0.1) is 0 Å². The normalized spacial score (nSPS) is 22.5. The first-order valence-electron chi connectivity index (χ1n) is 17.8. The maximum Gasteiger partial charge on any atom is 0.244 e. The summed E-state index contributed by atoms with van der Waals surface area (Å²) in [6.45, 7) is 4.05. The molecule has 1 aliphatic heterocycles. The molecule has 6 atom stereocenters. The third-order valence-corrected chi connectivity index (χ3v) is 8.51. The molecule has 0 bridgehead atoms. The number of carbonyl (C=O) groups excluding carboxylic acids is 2. The van der Waals surface area contributed by atoms with Gasteiger partial charge in [-0.3, -0.25) is 9.59 Å². The van der Waals surface area contributed by atoms with Gasteiger partial charge in [0.1, 0.15) is 30.5 Å². The smallest absolute Gasteiger partial charge is 0.244 e. The molecule has 0 aromatic carbocycles. The molecule has 0 spiro atoms. The van der Waals surface area contributed by atoms with Gasteiger partial charge in [0.15, 0.2) is 6.29 Å². The van der Waals surface area contributed by atoms with Crippen LogP contribution in [0.4, 0.5) is 0 Å². The van der Waals surface area contributed by atoms with Crippen LogP contribution < -0.4 is 10.6 Å². The highest BCUT2D eigenvalue weighted by Crippen LogP contribution is 2.22. The van der Waals surface area contributed by atoms with Crippen LogP contribution in [-0.2, 0) is 19.1 Å². The van der Waals surface area contributed by atoms with Gasteiger partial charge in [0.2, 0.25) is 11.8 Å². The summed E-state index contributed by atoms with van der Waals surface area (Å²) in [5.74, 6) is -0.636. The Balaban J connectivity index is 2.46. The van der Waals surface area contributed by atoms with Crippen LogP contribution in [0.25, 0.3) is 0 Å². The molecule has 0 aromatic rings. The van der Waals surface area contributed by atoms with Gasteiger partial charge in [-0.2, -0.15) is 0 Å². The fourth-order valence-corrected chi connectivity index (χ4v) is 5.57. The fraction of sp³-hybridized carbons (Fsp3) is 0.941. The van der Waals surface area contributed by atoms with Gasteiger partial charge >= 0.3 is 0 Å². The molecule has 0 unspecified atom stereocenters. The highest BCUT2D eigenvalue weighted by Gasteiger charge is 2.44. The molecule has 1 heterocycles. The topological polar surface area (TPSA) is 158 Å². The van der Waals surface area contributed by atoms with Crippen molar-refractivity contribution in [1.82, 2.24) is 10.6 Å². The summed E-state index contributed by atoms with van der Waals surface area (Å²) in [6.07, 6.45) is 16.7. The highest BCUT2D eigenvalue weighted by molar-refractivity contribution is 5.87. The highest BCUT2D eigenvalue weighted by atomic mass is 16.7. The lowest BCUT2D eigenvalue weighted by molar-refractivity contribution is -0.301. The largest absolute Gasteiger partial charge is 0.394 e. The van der Waals surface area contributed by atoms with Crippen molar-refractivity contribution < 1.29 is 39.5 Å². The molecule has 0 radical (unpaired) electrons. The second-order valence-corrected chi connectivity index (χ2v) is 12.6. The van der Waals surface area contributed by atoms with E-state index in [-0.39, 0.29) is 18.4 Å². The minimum absolute atomic E-state index is 0.249. The van der Waals surface area contributed by atoms with Gasteiger partial charge in [-0.15, -0.1) is 0 Å². The molecular formula is C34H66N2O8. The van der Waals surface area contributed by atoms with Crippen LogP contribution in [0.1, 0.15) is 149 Å². The van der Waals surface area contributed by atoms with Crippen LogP contribution in [0.5, 0.6) is 0 Å². The van der Waals surface area contributed by atoms with Gasteiger partial charge in [-0.25, -0.2) is 0 Å². The lowest BCUT2D eigenvalue weighted by Crippen LogP contribution is -2.60. The summed E-state index contributed by atoms with van der Waals surface area (Å²) < 4.78 is 11.0. The van der Waals surface area contributed by atoms with Gasteiger partial charge in [0, 0.05) is 13.0 Å². The Labute approximate surface area is 267 Å². The average molecular weight is 631 g/mol. The van der Waals surface area contributed by atoms with Crippen molar-refractivity contribution in [3.63, 3.8) is 0 Å². The van der Waals surface area contributed by atoms with Crippen LogP contribution in [0.2, 0.25) is 0 Å². The zero-order chi connectivity index (χ0) is 32.4. The Bertz CT molecular complexity index is 711. The fourth-order valence-electron chi connectivity index (χ4n) is 5.57. The van der Waals surface area contributed by atoms with E-state index < -0.39 is 43.4 Å². The molecule has 0 saturated carbocycles. The second kappa shape index (κ2) is 26.9. The third-order valence-electron chi connectivity index (χ3n) is 8.51. The number of nitrogens with one attached hydrogen (secondary N) is 2. The lowest BCUT2D eigenvalue weighted by atomic mass is 9.99. The quantitative estimate of drug-likeness (QED) is 0.0683. The van der Waals surface area contributed by atoms with E-state index in [1.165, 1.54) is 89.9 Å². The predicted octanol–water partition coefficient (Wildman–Crippen LogP) is 4.64. The summed E-state index contributed by atoms with van der Waals surface area (Å²) in [4.78, 5) is 25.8. The van der Waals surface area contributed by atoms with Gasteiger partial charge in [-0.1, -0.05) is 129 Å². The average Bonchev–Trinajstić information content (AvgIpc) is 3.02. The molecule has 1 saturated heterocycles. The molecule has 1 fully saturated rings. The molecule has 1 rings (SSSR count). The number of aliphatic hydroxyl groups is 4. The third kappa shape index (κ3) is 18.6. The monoisotopic (exact) mass is 630 g/mol. The van der Waals surface area contributed by atoms with Crippen LogP contribution in [0.3, 0.4) is 0 Å². The number of hydrogen-bond donors (Lipinski definition) is 6. The van der Waals surface area contributed by atoms with Gasteiger partial charge in [0.05, 0.1) is 13.2 Å². The summed E-state index contributed by atoms with van der Waals surface area (Å²) in [7, 11) is 0. The SMILES string of the molecule is CCCCCCCCCCCCCC(=O)N[C@@H](CO[C@H]1O[C@H](CO)[C@H](O)[C@H](O)[C@H]1O)C(=O)NCCCCCCCCCCC. The van der Waals surface area contributed by atoms with Crippen LogP contribution in [-0.4, -0.2) is 88.7 Å². The van der Waals surface area contributed by atoms with Crippen molar-refractivity contribution in [1.29, 1.82) is 0 Å². The first-order valence-corrected chi connectivity index (χ1v) is 17.8. The Kier molecular flexibility index (Phi) is 24.9. The molecule has 0 aromatic heterocycles. The van der Waals surface area contributed by atoms with E-state index in [0.717, 1.165) is 38.5 Å². The van der Waals surface area contributed by atoms with Crippen molar-refractivity contribution in [3.8, 4) is 0 Å². The maximum atomic E-state index is 13.0. The summed E-state index contributed by atoms with van der Waals surface area (Å²) in [6, 6.07) is -1.01. The minimum Gasteiger partial charge on any atom is -0.394 e. The number of aliphatic hydroxyl groups excluding tert-OH is 4. The van der Waals surface area contributed by atoms with Gasteiger partial charge < -0.3 is 40.5 Å². The van der Waals surface area contributed by atoms with E-state index in [2.05, 4.69) is 24.5 Å². The van der Waals surface area contributed by atoms with Crippen molar-refractivity contribution >= 4 is 11.8 Å². The zero-order valence-electron chi connectivity index (χ0n) is 27.9. The molecule has 6 N–H and O–H groups in total. The Morgan fingerprint density at radius 1 is 0.682 bits per heavy atom. The van der Waals surface area contributed by atoms with E-state index in [1.54, 1.807) is 0 Å². The zero-order valence-corrected chi connectivity index (χ0v) is 27.9. The molecule has 2 amide bonds. The number of hydrogen-bond acceptors (Lipinski definition) is 8. The molecule has 44 heavy (non-hydrogen) atoms. The molecule has 1 aliphatic rings. The predicted molar refractivity (Wildman–Crippen MR) is 173 cm³/mol. The summed E-state index contributed by atoms with van der Waals surface area (Å²) in [5.41, 5.74) is 0. The number of rotatable bonds is 28. The van der Waals surface area contributed by atoms with E-state index in [4.69, 9.17) is 9.47 Å². The van der Waals surface area contributed by atoms with Gasteiger partial charge in [-0.05, 0) is 12.8 Å². The molecule has 10 nitrogen and oxygen atoms in total. The van der Waals surface area contributed by atoms with Crippen LogP contribution in [0.15, 0.2) is 0 Å². The van der Waals surface area contributed by atoms with Gasteiger partial charge in [0.25, 0.3) is 0 Å². The Morgan fingerprint density at radius 2 is 1.16 bits per heavy atom. The Hall–Kier alpha value is -1.30. The number of amides is 2. The van der Waals surface area contributed by atoms with E-state index in [9.17, 15) is 30.0 Å². The van der Waals surface area contributed by atoms with Crippen molar-refractivity contribution in [3.05, 3.63) is 0 Å². The number of carbonyl (C=O) groups is 2. The first kappa shape index (κ1) is 40.7. The standard InChI is InChI=1S/C34H66N2O8/c1-3-5-7-9-11-13-14-15-17-19-21-23-29(38)36-27(26-43-34-32(41)31(40)30(39)28(25-37)44-34)33(42)35-24-22-20-18-16-12-10-8-6-4-2/h27-28,30-32,34,37,39-41H,3-26H2,1-2H3,(H,35,42)(H,36,38)/t27-,28+,30-,31-,32+,34-/m0/s1. The van der Waals surface area contributed by atoms with Crippen LogP contribution >= 0.6 is 0 Å². The molecule has 0 aliphatic carbocycles. The Morgan fingerprint density at radius 3 is 1.66 bits per heavy atom. The molecule has 10 heteroatoms. The first-order chi connectivity index (χ1) is 21.3. The maximum absolute atomic E-state index is 13.0. The van der Waals surface area contributed by atoms with E-state index in [0.29, 0.717) is 13.0 Å². The minimum atomic E-state index is -1.58. The van der Waals surface area contributed by atoms with E-state index in [1.807, 2.05) is 0 Å². The van der Waals surface area contributed by atoms with Crippen molar-refractivity contribution in [2.45, 2.75) is 185 Å².